The molecule has 3 heterocycles. The Morgan fingerprint density at radius 3 is 2.72 bits per heavy atom. The third-order valence-electron chi connectivity index (χ3n) is 4.47. The zero-order valence-electron chi connectivity index (χ0n) is 14.0. The number of fused-ring (bicyclic) bond motifs is 1. The fourth-order valence-electron chi connectivity index (χ4n) is 3.15. The number of benzene rings is 1. The van der Waals surface area contributed by atoms with Gasteiger partial charge in [0.2, 0.25) is 0 Å². The molecular formula is C20H20N4O. The van der Waals surface area contributed by atoms with Crippen LogP contribution in [0.25, 0.3) is 0 Å². The van der Waals surface area contributed by atoms with Crippen LogP contribution in [0.3, 0.4) is 0 Å². The van der Waals surface area contributed by atoms with Gasteiger partial charge in [-0.1, -0.05) is 36.4 Å². The highest BCUT2D eigenvalue weighted by molar-refractivity contribution is 6.02. The minimum Gasteiger partial charge on any atom is -0.304 e. The average Bonchev–Trinajstić information content (AvgIpc) is 3.05. The van der Waals surface area contributed by atoms with E-state index in [1.165, 1.54) is 17.7 Å². The molecule has 25 heavy (non-hydrogen) atoms. The SMILES string of the molecule is O=C(Nc1cc2n(n1)CCCC2)c1ccc(Cc2ccccc2)cn1. The van der Waals surface area contributed by atoms with Gasteiger partial charge in [0.25, 0.3) is 5.91 Å². The fraction of sp³-hybridized carbons (Fsp3) is 0.250. The fourth-order valence-corrected chi connectivity index (χ4v) is 3.15. The molecule has 3 aromatic rings. The molecule has 0 bridgehead atoms. The van der Waals surface area contributed by atoms with E-state index in [1.807, 2.05) is 35.0 Å². The van der Waals surface area contributed by atoms with E-state index in [-0.39, 0.29) is 5.91 Å². The first-order chi connectivity index (χ1) is 12.3. The van der Waals surface area contributed by atoms with E-state index < -0.39 is 0 Å². The van der Waals surface area contributed by atoms with Crippen molar-refractivity contribution in [3.63, 3.8) is 0 Å². The lowest BCUT2D eigenvalue weighted by Gasteiger charge is -2.11. The van der Waals surface area contributed by atoms with E-state index in [4.69, 9.17) is 0 Å². The number of nitrogens with one attached hydrogen (secondary N) is 1. The molecule has 0 unspecified atom stereocenters. The van der Waals surface area contributed by atoms with Gasteiger partial charge >= 0.3 is 0 Å². The van der Waals surface area contributed by atoms with Gasteiger partial charge in [0.15, 0.2) is 5.82 Å². The summed E-state index contributed by atoms with van der Waals surface area (Å²) in [5, 5.41) is 7.30. The Hall–Kier alpha value is -2.95. The van der Waals surface area contributed by atoms with Crippen LogP contribution in [0.4, 0.5) is 5.82 Å². The summed E-state index contributed by atoms with van der Waals surface area (Å²) >= 11 is 0. The van der Waals surface area contributed by atoms with Gasteiger partial charge in [-0.05, 0) is 42.9 Å². The third-order valence-corrected chi connectivity index (χ3v) is 4.47. The van der Waals surface area contributed by atoms with Crippen LogP contribution < -0.4 is 5.32 Å². The van der Waals surface area contributed by atoms with E-state index in [2.05, 4.69) is 27.5 Å². The number of hydrogen-bond acceptors (Lipinski definition) is 3. The molecule has 0 atom stereocenters. The van der Waals surface area contributed by atoms with Gasteiger partial charge in [0, 0.05) is 24.5 Å². The number of amides is 1. The molecule has 1 amide bonds. The van der Waals surface area contributed by atoms with E-state index in [0.717, 1.165) is 31.4 Å². The third kappa shape index (κ3) is 3.60. The van der Waals surface area contributed by atoms with E-state index in [0.29, 0.717) is 11.5 Å². The molecule has 126 valence electrons. The Labute approximate surface area is 146 Å². The molecule has 0 fully saturated rings. The topological polar surface area (TPSA) is 59.8 Å². The number of rotatable bonds is 4. The van der Waals surface area contributed by atoms with Crippen LogP contribution in [-0.4, -0.2) is 20.7 Å². The maximum Gasteiger partial charge on any atom is 0.275 e. The van der Waals surface area contributed by atoms with Crippen LogP contribution in [0.2, 0.25) is 0 Å². The molecule has 0 spiro atoms. The molecule has 0 radical (unpaired) electrons. The number of hydrogen-bond donors (Lipinski definition) is 1. The highest BCUT2D eigenvalue weighted by atomic mass is 16.1. The highest BCUT2D eigenvalue weighted by Gasteiger charge is 2.15. The summed E-state index contributed by atoms with van der Waals surface area (Å²) in [5.41, 5.74) is 3.90. The largest absolute Gasteiger partial charge is 0.304 e. The summed E-state index contributed by atoms with van der Waals surface area (Å²) < 4.78 is 1.98. The standard InChI is InChI=1S/C20H20N4O/c25-20(22-19-13-17-8-4-5-11-24(17)23-19)18-10-9-16(14-21-18)12-15-6-2-1-3-7-15/h1-3,6-7,9-10,13-14H,4-5,8,11-12H2,(H,22,23,25). The molecule has 0 saturated carbocycles. The second-order valence-corrected chi connectivity index (χ2v) is 6.37. The summed E-state index contributed by atoms with van der Waals surface area (Å²) in [7, 11) is 0. The predicted octanol–water partition coefficient (Wildman–Crippen LogP) is 3.46. The van der Waals surface area contributed by atoms with Crippen LogP contribution in [0, 0.1) is 0 Å². The van der Waals surface area contributed by atoms with E-state index in [1.54, 1.807) is 12.3 Å². The number of pyridine rings is 1. The van der Waals surface area contributed by atoms with Crippen molar-refractivity contribution in [2.24, 2.45) is 0 Å². The highest BCUT2D eigenvalue weighted by Crippen LogP contribution is 2.18. The van der Waals surface area contributed by atoms with Crippen molar-refractivity contribution in [2.45, 2.75) is 32.2 Å². The maximum absolute atomic E-state index is 12.4. The first-order valence-corrected chi connectivity index (χ1v) is 8.65. The quantitative estimate of drug-likeness (QED) is 0.796. The summed E-state index contributed by atoms with van der Waals surface area (Å²) in [5.74, 6) is 0.388. The molecular weight excluding hydrogens is 312 g/mol. The second kappa shape index (κ2) is 6.89. The van der Waals surface area contributed by atoms with Crippen molar-refractivity contribution >= 4 is 11.7 Å². The molecule has 2 aromatic heterocycles. The minimum atomic E-state index is -0.221. The summed E-state index contributed by atoms with van der Waals surface area (Å²) in [6.07, 6.45) is 5.93. The first kappa shape index (κ1) is 15.6. The lowest BCUT2D eigenvalue weighted by atomic mass is 10.1. The second-order valence-electron chi connectivity index (χ2n) is 6.37. The van der Waals surface area contributed by atoms with Gasteiger partial charge < -0.3 is 5.32 Å². The number of aromatic nitrogens is 3. The monoisotopic (exact) mass is 332 g/mol. The molecule has 5 heteroatoms. The lowest BCUT2D eigenvalue weighted by Crippen LogP contribution is -2.15. The average molecular weight is 332 g/mol. The van der Waals surface area contributed by atoms with Gasteiger partial charge in [-0.3, -0.25) is 14.5 Å². The molecule has 1 N–H and O–H groups in total. The van der Waals surface area contributed by atoms with Crippen LogP contribution in [0.1, 0.15) is 40.2 Å². The number of carbonyl (C=O) groups is 1. The Morgan fingerprint density at radius 2 is 1.96 bits per heavy atom. The smallest absolute Gasteiger partial charge is 0.275 e. The Morgan fingerprint density at radius 1 is 1.08 bits per heavy atom. The Bertz CT molecular complexity index is 845. The number of carbonyl (C=O) groups excluding carboxylic acids is 1. The number of aryl methyl sites for hydroxylation is 2. The molecule has 0 aliphatic carbocycles. The molecule has 1 aromatic carbocycles. The van der Waals surface area contributed by atoms with Crippen LogP contribution in [0.15, 0.2) is 54.7 Å². The zero-order chi connectivity index (χ0) is 17.1. The van der Waals surface area contributed by atoms with Crippen molar-refractivity contribution < 1.29 is 4.79 Å². The van der Waals surface area contributed by atoms with Crippen LogP contribution in [0.5, 0.6) is 0 Å². The van der Waals surface area contributed by atoms with Crippen molar-refractivity contribution in [1.82, 2.24) is 14.8 Å². The van der Waals surface area contributed by atoms with Crippen molar-refractivity contribution in [1.29, 1.82) is 0 Å². The Balaban J connectivity index is 1.42. The summed E-state index contributed by atoms with van der Waals surface area (Å²) in [6, 6.07) is 15.9. The number of anilines is 1. The lowest BCUT2D eigenvalue weighted by molar-refractivity contribution is 0.102. The van der Waals surface area contributed by atoms with Crippen molar-refractivity contribution in [3.8, 4) is 0 Å². The van der Waals surface area contributed by atoms with Gasteiger partial charge in [-0.25, -0.2) is 0 Å². The Kier molecular flexibility index (Phi) is 4.29. The van der Waals surface area contributed by atoms with E-state index in [9.17, 15) is 4.79 Å². The van der Waals surface area contributed by atoms with Gasteiger partial charge in [-0.15, -0.1) is 0 Å². The summed E-state index contributed by atoms with van der Waals surface area (Å²) in [6.45, 7) is 0.928. The van der Waals surface area contributed by atoms with Crippen LogP contribution >= 0.6 is 0 Å². The molecule has 0 saturated heterocycles. The van der Waals surface area contributed by atoms with Crippen molar-refractivity contribution in [3.05, 3.63) is 77.2 Å². The van der Waals surface area contributed by atoms with Crippen molar-refractivity contribution in [2.75, 3.05) is 5.32 Å². The van der Waals surface area contributed by atoms with Crippen LogP contribution in [-0.2, 0) is 19.4 Å². The molecule has 4 rings (SSSR count). The van der Waals surface area contributed by atoms with E-state index >= 15 is 0 Å². The predicted molar refractivity (Wildman–Crippen MR) is 96.6 cm³/mol. The van der Waals surface area contributed by atoms with Gasteiger partial charge in [0.1, 0.15) is 5.69 Å². The minimum absolute atomic E-state index is 0.221. The first-order valence-electron chi connectivity index (χ1n) is 8.65. The zero-order valence-corrected chi connectivity index (χ0v) is 14.0. The molecule has 1 aliphatic heterocycles. The van der Waals surface area contributed by atoms with Gasteiger partial charge in [-0.2, -0.15) is 5.10 Å². The maximum atomic E-state index is 12.4. The molecule has 5 nitrogen and oxygen atoms in total. The number of nitrogens with zero attached hydrogens (tertiary/aromatic N) is 3. The normalized spacial score (nSPS) is 13.3. The molecule has 1 aliphatic rings. The van der Waals surface area contributed by atoms with Gasteiger partial charge in [0.05, 0.1) is 0 Å². The summed E-state index contributed by atoms with van der Waals surface area (Å²) in [4.78, 5) is 16.7.